The Labute approximate surface area is 172 Å². The van der Waals surface area contributed by atoms with Crippen LogP contribution >= 0.6 is 0 Å². The molecule has 0 aliphatic carbocycles. The highest BCUT2D eigenvalue weighted by Gasteiger charge is 2.26. The Bertz CT molecular complexity index is 853. The first-order valence-corrected chi connectivity index (χ1v) is 9.91. The summed E-state index contributed by atoms with van der Waals surface area (Å²) in [5, 5.41) is 0. The topological polar surface area (TPSA) is 53.1 Å². The van der Waals surface area contributed by atoms with Crippen molar-refractivity contribution in [2.45, 2.75) is 33.3 Å². The number of ether oxygens (including phenoxy) is 1. The average molecular weight is 396 g/mol. The van der Waals surface area contributed by atoms with Crippen LogP contribution in [-0.4, -0.2) is 49.2 Å². The van der Waals surface area contributed by atoms with E-state index in [-0.39, 0.29) is 6.09 Å². The Balaban J connectivity index is 1.68. The van der Waals surface area contributed by atoms with Gasteiger partial charge < -0.3 is 14.5 Å². The Morgan fingerprint density at radius 3 is 2.24 bits per heavy atom. The Kier molecular flexibility index (Phi) is 6.11. The third-order valence-corrected chi connectivity index (χ3v) is 4.88. The van der Waals surface area contributed by atoms with Crippen molar-refractivity contribution in [3.05, 3.63) is 54.1 Å². The second kappa shape index (κ2) is 8.55. The largest absolute Gasteiger partial charge is 0.444 e. The van der Waals surface area contributed by atoms with Gasteiger partial charge in [0.2, 0.25) is 6.41 Å². The first-order valence-electron chi connectivity index (χ1n) is 9.91. The van der Waals surface area contributed by atoms with Crippen LogP contribution in [0.3, 0.4) is 0 Å². The zero-order valence-electron chi connectivity index (χ0n) is 17.6. The molecule has 3 rings (SSSR count). The lowest BCUT2D eigenvalue weighted by Gasteiger charge is -2.37. The van der Waals surface area contributed by atoms with E-state index in [2.05, 4.69) is 11.0 Å². The predicted octanol–water partition coefficient (Wildman–Crippen LogP) is 4.35. The normalized spacial score (nSPS) is 14.5. The summed E-state index contributed by atoms with van der Waals surface area (Å²) in [5.41, 5.74) is 3.33. The molecule has 2 amide bonds. The van der Waals surface area contributed by atoms with Crippen LogP contribution in [0.25, 0.3) is 0 Å². The van der Waals surface area contributed by atoms with Gasteiger partial charge in [-0.05, 0) is 63.6 Å². The van der Waals surface area contributed by atoms with Gasteiger partial charge in [0.15, 0.2) is 0 Å². The van der Waals surface area contributed by atoms with Crippen LogP contribution in [0.5, 0.6) is 0 Å². The number of hydrogen-bond donors (Lipinski definition) is 0. The maximum atomic E-state index is 12.2. The predicted molar refractivity (Wildman–Crippen MR) is 116 cm³/mol. The van der Waals surface area contributed by atoms with Gasteiger partial charge in [-0.2, -0.15) is 0 Å². The Morgan fingerprint density at radius 1 is 1.03 bits per heavy atom. The van der Waals surface area contributed by atoms with E-state index in [1.165, 1.54) is 0 Å². The molecule has 2 aromatic rings. The van der Waals surface area contributed by atoms with E-state index < -0.39 is 5.60 Å². The zero-order valence-corrected chi connectivity index (χ0v) is 17.6. The van der Waals surface area contributed by atoms with Gasteiger partial charge in [0.05, 0.1) is 5.69 Å². The number of amides is 2. The summed E-state index contributed by atoms with van der Waals surface area (Å²) < 4.78 is 5.46. The third kappa shape index (κ3) is 5.08. The van der Waals surface area contributed by atoms with Gasteiger partial charge in [0, 0.05) is 37.6 Å². The van der Waals surface area contributed by atoms with E-state index >= 15 is 0 Å². The number of aryl methyl sites for hydroxylation is 1. The highest BCUT2D eigenvalue weighted by Crippen LogP contribution is 2.30. The smallest absolute Gasteiger partial charge is 0.410 e. The zero-order chi connectivity index (χ0) is 21.0. The molecule has 0 radical (unpaired) electrons. The third-order valence-electron chi connectivity index (χ3n) is 4.88. The van der Waals surface area contributed by atoms with Gasteiger partial charge in [-0.1, -0.05) is 18.2 Å². The molecule has 2 aromatic carbocycles. The fourth-order valence-electron chi connectivity index (χ4n) is 3.43. The molecule has 6 nitrogen and oxygen atoms in total. The molecule has 0 saturated carbocycles. The molecule has 0 atom stereocenters. The molecule has 1 saturated heterocycles. The van der Waals surface area contributed by atoms with Crippen LogP contribution in [0.2, 0.25) is 0 Å². The van der Waals surface area contributed by atoms with Gasteiger partial charge in [0.25, 0.3) is 0 Å². The highest BCUT2D eigenvalue weighted by molar-refractivity contribution is 5.88. The number of anilines is 3. The Morgan fingerprint density at radius 2 is 1.69 bits per heavy atom. The summed E-state index contributed by atoms with van der Waals surface area (Å²) in [6.45, 7) is 10.4. The average Bonchev–Trinajstić information content (AvgIpc) is 2.69. The summed E-state index contributed by atoms with van der Waals surface area (Å²) in [6.07, 6.45) is 0.588. The number of carbonyl (C=O) groups is 2. The van der Waals surface area contributed by atoms with Crippen LogP contribution in [0.4, 0.5) is 21.9 Å². The fraction of sp³-hybridized carbons (Fsp3) is 0.391. The van der Waals surface area contributed by atoms with Crippen molar-refractivity contribution < 1.29 is 14.3 Å². The minimum Gasteiger partial charge on any atom is -0.444 e. The summed E-state index contributed by atoms with van der Waals surface area (Å²) in [6, 6.07) is 15.7. The van der Waals surface area contributed by atoms with Crippen LogP contribution in [0, 0.1) is 6.92 Å². The van der Waals surface area contributed by atoms with Crippen molar-refractivity contribution in [3.8, 4) is 0 Å². The van der Waals surface area contributed by atoms with Gasteiger partial charge in [-0.25, -0.2) is 4.79 Å². The lowest BCUT2D eigenvalue weighted by atomic mass is 10.1. The van der Waals surface area contributed by atoms with E-state index in [4.69, 9.17) is 4.74 Å². The molecule has 1 heterocycles. The summed E-state index contributed by atoms with van der Waals surface area (Å²) in [7, 11) is 0. The van der Waals surface area contributed by atoms with E-state index in [0.29, 0.717) is 13.1 Å². The molecule has 0 N–H and O–H groups in total. The van der Waals surface area contributed by atoms with Crippen LogP contribution in [-0.2, 0) is 9.53 Å². The molecule has 0 aromatic heterocycles. The second-order valence-corrected chi connectivity index (χ2v) is 8.24. The first kappa shape index (κ1) is 20.7. The van der Waals surface area contributed by atoms with Gasteiger partial charge in [0.1, 0.15) is 5.60 Å². The number of carbonyl (C=O) groups excluding carboxylic acids is 2. The number of para-hydroxylation sites is 1. The quantitative estimate of drug-likeness (QED) is 0.723. The molecule has 6 heteroatoms. The fourth-order valence-corrected chi connectivity index (χ4v) is 3.43. The van der Waals surface area contributed by atoms with Crippen molar-refractivity contribution in [1.29, 1.82) is 0 Å². The molecule has 0 bridgehead atoms. The molecule has 154 valence electrons. The van der Waals surface area contributed by atoms with E-state index in [1.807, 2.05) is 70.2 Å². The van der Waals surface area contributed by atoms with Crippen LogP contribution in [0.1, 0.15) is 26.3 Å². The molecule has 1 fully saturated rings. The minimum absolute atomic E-state index is 0.256. The van der Waals surface area contributed by atoms with Crippen LogP contribution < -0.4 is 9.80 Å². The number of nitrogens with zero attached hydrogens (tertiary/aromatic N) is 3. The SMILES string of the molecule is Cc1cc(N2CCN(C(=O)OC(C)(C)C)CC2)ccc1N(C=O)c1ccccc1. The molecule has 1 aliphatic heterocycles. The molecular formula is C23H29N3O3. The maximum absolute atomic E-state index is 12.2. The summed E-state index contributed by atoms with van der Waals surface area (Å²) in [4.78, 5) is 29.6. The molecular weight excluding hydrogens is 366 g/mol. The van der Waals surface area contributed by atoms with Gasteiger partial charge in [-0.3, -0.25) is 9.69 Å². The Hall–Kier alpha value is -3.02. The van der Waals surface area contributed by atoms with Crippen molar-refractivity contribution in [3.63, 3.8) is 0 Å². The maximum Gasteiger partial charge on any atom is 0.410 e. The summed E-state index contributed by atoms with van der Waals surface area (Å²) in [5.74, 6) is 0. The van der Waals surface area contributed by atoms with E-state index in [9.17, 15) is 9.59 Å². The van der Waals surface area contributed by atoms with Crippen molar-refractivity contribution in [1.82, 2.24) is 4.90 Å². The highest BCUT2D eigenvalue weighted by atomic mass is 16.6. The minimum atomic E-state index is -0.482. The van der Waals surface area contributed by atoms with Crippen LogP contribution in [0.15, 0.2) is 48.5 Å². The second-order valence-electron chi connectivity index (χ2n) is 8.24. The standard InChI is InChI=1S/C23H29N3O3/c1-18-16-20(10-11-21(18)26(17-27)19-8-6-5-7-9-19)24-12-14-25(15-13-24)22(28)29-23(2,3)4/h5-11,16-17H,12-15H2,1-4H3. The van der Waals surface area contributed by atoms with Gasteiger partial charge >= 0.3 is 6.09 Å². The lowest BCUT2D eigenvalue weighted by molar-refractivity contribution is -0.106. The lowest BCUT2D eigenvalue weighted by Crippen LogP contribution is -2.50. The number of piperazine rings is 1. The molecule has 29 heavy (non-hydrogen) atoms. The van der Waals surface area contributed by atoms with Crippen molar-refractivity contribution in [2.24, 2.45) is 0 Å². The van der Waals surface area contributed by atoms with Crippen molar-refractivity contribution in [2.75, 3.05) is 36.0 Å². The summed E-state index contributed by atoms with van der Waals surface area (Å²) >= 11 is 0. The van der Waals surface area contributed by atoms with Gasteiger partial charge in [-0.15, -0.1) is 0 Å². The molecule has 0 spiro atoms. The first-order chi connectivity index (χ1) is 13.8. The van der Waals surface area contributed by atoms with E-state index in [0.717, 1.165) is 42.1 Å². The number of rotatable bonds is 4. The molecule has 0 unspecified atom stereocenters. The van der Waals surface area contributed by atoms with E-state index in [1.54, 1.807) is 9.80 Å². The number of hydrogen-bond acceptors (Lipinski definition) is 4. The van der Waals surface area contributed by atoms with Crippen molar-refractivity contribution >= 4 is 29.6 Å². The molecule has 1 aliphatic rings. The number of benzene rings is 2. The monoisotopic (exact) mass is 395 g/mol.